The summed E-state index contributed by atoms with van der Waals surface area (Å²) in [6.45, 7) is 1.68. The summed E-state index contributed by atoms with van der Waals surface area (Å²) < 4.78 is 17.3. The van der Waals surface area contributed by atoms with Crippen molar-refractivity contribution in [2.45, 2.75) is 13.3 Å². The molecule has 5 heteroatoms. The predicted octanol–water partition coefficient (Wildman–Crippen LogP) is 1.12. The maximum Gasteiger partial charge on any atom is 0.366 e. The average Bonchev–Trinajstić information content (AvgIpc) is 2.84. The summed E-state index contributed by atoms with van der Waals surface area (Å²) >= 11 is 0. The summed E-state index contributed by atoms with van der Waals surface area (Å²) in [7, 11) is 0. The highest BCUT2D eigenvalue weighted by molar-refractivity contribution is 5.86. The molecule has 1 N–H and O–H groups in total. The quantitative estimate of drug-likeness (QED) is 0.548. The molecule has 4 nitrogen and oxygen atoms in total. The van der Waals surface area contributed by atoms with Crippen LogP contribution in [0.15, 0.2) is 11.9 Å². The molecule has 0 heterocycles. The van der Waals surface area contributed by atoms with Gasteiger partial charge in [0.1, 0.15) is 0 Å². The molecule has 1 rings (SSSR count). The van der Waals surface area contributed by atoms with Gasteiger partial charge < -0.3 is 9.84 Å². The number of carboxylic acids is 1. The van der Waals surface area contributed by atoms with Crippen LogP contribution in [0.5, 0.6) is 0 Å². The molecule has 0 amide bonds. The first kappa shape index (κ1) is 10.7. The normalized spacial score (nSPS) is 25.7. The van der Waals surface area contributed by atoms with Crippen LogP contribution in [0.1, 0.15) is 13.3 Å². The number of hydrogen-bond acceptors (Lipinski definition) is 3. The smallest absolute Gasteiger partial charge is 0.366 e. The minimum atomic E-state index is -1.02. The minimum Gasteiger partial charge on any atom is -0.481 e. The molecule has 0 saturated heterocycles. The summed E-state index contributed by atoms with van der Waals surface area (Å²) in [6.07, 6.45) is 1.42. The first-order valence-corrected chi connectivity index (χ1v) is 4.33. The molecule has 0 spiro atoms. The molecule has 1 aliphatic rings. The molecule has 0 aromatic heterocycles. The number of aliphatic carboxylic acids is 1. The molecule has 2 unspecified atom stereocenters. The second-order valence-corrected chi connectivity index (χ2v) is 3.08. The van der Waals surface area contributed by atoms with Crippen LogP contribution >= 0.6 is 0 Å². The zero-order chi connectivity index (χ0) is 10.7. The molecule has 78 valence electrons. The van der Waals surface area contributed by atoms with Crippen molar-refractivity contribution < 1.29 is 23.8 Å². The van der Waals surface area contributed by atoms with Gasteiger partial charge in [-0.05, 0) is 25.3 Å². The third kappa shape index (κ3) is 2.55. The fourth-order valence-corrected chi connectivity index (χ4v) is 1.14. The van der Waals surface area contributed by atoms with Gasteiger partial charge in [-0.2, -0.15) is 4.39 Å². The number of allylic oxidation sites excluding steroid dienone is 1. The van der Waals surface area contributed by atoms with E-state index in [0.717, 1.165) is 6.08 Å². The predicted molar refractivity (Wildman–Crippen MR) is 45.1 cm³/mol. The van der Waals surface area contributed by atoms with E-state index in [4.69, 9.17) is 5.11 Å². The molecule has 2 atom stereocenters. The van der Waals surface area contributed by atoms with Gasteiger partial charge in [-0.3, -0.25) is 4.79 Å². The van der Waals surface area contributed by atoms with Crippen molar-refractivity contribution in [2.75, 3.05) is 6.61 Å². The number of carbonyl (C=O) groups excluding carboxylic acids is 1. The van der Waals surface area contributed by atoms with Crippen LogP contribution < -0.4 is 0 Å². The van der Waals surface area contributed by atoms with Gasteiger partial charge in [0.05, 0.1) is 12.5 Å². The Hall–Kier alpha value is -1.39. The number of ether oxygens (including phenoxy) is 1. The second-order valence-electron chi connectivity index (χ2n) is 3.08. The summed E-state index contributed by atoms with van der Waals surface area (Å²) in [5.41, 5.74) is 0. The highest BCUT2D eigenvalue weighted by Crippen LogP contribution is 2.40. The van der Waals surface area contributed by atoms with Gasteiger partial charge in [0, 0.05) is 0 Å². The van der Waals surface area contributed by atoms with Crippen molar-refractivity contribution in [2.24, 2.45) is 11.8 Å². The number of carboxylic acid groups (broad SMARTS) is 1. The molecule has 1 aliphatic carbocycles. The third-order valence-corrected chi connectivity index (χ3v) is 1.99. The standard InChI is InChI=1S/C9H11FO4/c1-2-14-9(13)7(10)4-5-3-6(5)8(11)12/h4-6H,2-3H2,1H3,(H,11,12). The fourth-order valence-electron chi connectivity index (χ4n) is 1.14. The zero-order valence-corrected chi connectivity index (χ0v) is 7.70. The van der Waals surface area contributed by atoms with E-state index < -0.39 is 23.7 Å². The van der Waals surface area contributed by atoms with Crippen LogP contribution in [0.4, 0.5) is 4.39 Å². The average molecular weight is 202 g/mol. The Morgan fingerprint density at radius 1 is 1.64 bits per heavy atom. The Labute approximate surface area is 80.4 Å². The molecule has 0 aliphatic heterocycles. The van der Waals surface area contributed by atoms with Crippen molar-refractivity contribution in [3.63, 3.8) is 0 Å². The topological polar surface area (TPSA) is 63.6 Å². The van der Waals surface area contributed by atoms with Gasteiger partial charge in [-0.15, -0.1) is 0 Å². The van der Waals surface area contributed by atoms with Crippen molar-refractivity contribution in [1.29, 1.82) is 0 Å². The van der Waals surface area contributed by atoms with E-state index in [1.54, 1.807) is 6.92 Å². The van der Waals surface area contributed by atoms with Crippen LogP contribution in [0, 0.1) is 11.8 Å². The third-order valence-electron chi connectivity index (χ3n) is 1.99. The lowest BCUT2D eigenvalue weighted by molar-refractivity contribution is -0.141. The zero-order valence-electron chi connectivity index (χ0n) is 7.70. The van der Waals surface area contributed by atoms with E-state index in [-0.39, 0.29) is 12.5 Å². The van der Waals surface area contributed by atoms with Crippen LogP contribution in [0.25, 0.3) is 0 Å². The van der Waals surface area contributed by atoms with Crippen molar-refractivity contribution in [3.8, 4) is 0 Å². The Balaban J connectivity index is 2.46. The number of esters is 1. The van der Waals surface area contributed by atoms with Gasteiger partial charge >= 0.3 is 11.9 Å². The minimum absolute atomic E-state index is 0.104. The Bertz CT molecular complexity index is 285. The maximum atomic E-state index is 12.9. The van der Waals surface area contributed by atoms with E-state index in [1.165, 1.54) is 0 Å². The number of hydrogen-bond donors (Lipinski definition) is 1. The van der Waals surface area contributed by atoms with Crippen molar-refractivity contribution >= 4 is 11.9 Å². The molecule has 0 radical (unpaired) electrons. The van der Waals surface area contributed by atoms with Crippen molar-refractivity contribution in [1.82, 2.24) is 0 Å². The number of halogens is 1. The Morgan fingerprint density at radius 3 is 2.71 bits per heavy atom. The van der Waals surface area contributed by atoms with Crippen LogP contribution in [-0.4, -0.2) is 23.7 Å². The summed E-state index contributed by atoms with van der Waals surface area (Å²) in [5.74, 6) is -3.89. The molecule has 0 aromatic carbocycles. The first-order chi connectivity index (χ1) is 6.56. The first-order valence-electron chi connectivity index (χ1n) is 4.33. The van der Waals surface area contributed by atoms with Crippen LogP contribution in [-0.2, 0) is 14.3 Å². The molecule has 0 aromatic rings. The molecule has 1 fully saturated rings. The highest BCUT2D eigenvalue weighted by Gasteiger charge is 2.42. The van der Waals surface area contributed by atoms with E-state index in [0.29, 0.717) is 6.42 Å². The number of rotatable bonds is 4. The SMILES string of the molecule is CCOC(=O)C(F)=CC1CC1C(=O)O. The fraction of sp³-hybridized carbons (Fsp3) is 0.556. The molecule has 0 bridgehead atoms. The highest BCUT2D eigenvalue weighted by atomic mass is 19.1. The second kappa shape index (κ2) is 4.21. The van der Waals surface area contributed by atoms with Crippen LogP contribution in [0.3, 0.4) is 0 Å². The van der Waals surface area contributed by atoms with E-state index in [1.807, 2.05) is 0 Å². The van der Waals surface area contributed by atoms with Gasteiger partial charge in [0.2, 0.25) is 5.83 Å². The largest absolute Gasteiger partial charge is 0.481 e. The maximum absolute atomic E-state index is 12.9. The summed E-state index contributed by atoms with van der Waals surface area (Å²) in [4.78, 5) is 21.2. The number of carbonyl (C=O) groups is 2. The van der Waals surface area contributed by atoms with E-state index >= 15 is 0 Å². The molecule has 14 heavy (non-hydrogen) atoms. The molecular formula is C9H11FO4. The van der Waals surface area contributed by atoms with Gasteiger partial charge in [-0.1, -0.05) is 0 Å². The van der Waals surface area contributed by atoms with Crippen molar-refractivity contribution in [3.05, 3.63) is 11.9 Å². The van der Waals surface area contributed by atoms with E-state index in [9.17, 15) is 14.0 Å². The Morgan fingerprint density at radius 2 is 2.29 bits per heavy atom. The Kier molecular flexibility index (Phi) is 3.22. The van der Waals surface area contributed by atoms with Gasteiger partial charge in [-0.25, -0.2) is 4.79 Å². The van der Waals surface area contributed by atoms with Gasteiger partial charge in [0.25, 0.3) is 0 Å². The lowest BCUT2D eigenvalue weighted by Gasteiger charge is -1.97. The van der Waals surface area contributed by atoms with Crippen LogP contribution in [0.2, 0.25) is 0 Å². The molecule has 1 saturated carbocycles. The lowest BCUT2D eigenvalue weighted by Crippen LogP contribution is -2.05. The summed E-state index contributed by atoms with van der Waals surface area (Å²) in [6, 6.07) is 0. The van der Waals surface area contributed by atoms with Gasteiger partial charge in [0.15, 0.2) is 0 Å². The van der Waals surface area contributed by atoms with E-state index in [2.05, 4.69) is 4.74 Å². The lowest BCUT2D eigenvalue weighted by atomic mass is 10.3. The summed E-state index contributed by atoms with van der Waals surface area (Å²) in [5, 5.41) is 8.51. The monoisotopic (exact) mass is 202 g/mol. The molecular weight excluding hydrogens is 191 g/mol.